The van der Waals surface area contributed by atoms with E-state index in [2.05, 4.69) is 53.1 Å². The Bertz CT molecular complexity index is 782. The standard InChI is InChI=1S/C38H84O14Si3/c1-11-13-17-45-27-35(39)29-49-37(31-41-3)33-47-23-21-43-19-15-25-53(5,6)51-55(9,10)52-54(7,8)26-16-20-44-22-24-48-34-38(32-42-4)50-30-36(40)28-46-18-14-12-2/h35-40H,11-34H2,1-10H3. The van der Waals surface area contributed by atoms with E-state index in [0.717, 1.165) is 50.6 Å². The molecule has 0 aromatic rings. The molecule has 0 heterocycles. The van der Waals surface area contributed by atoms with Gasteiger partial charge in [-0.25, -0.2) is 0 Å². The largest absolute Gasteiger partial charge is 0.437 e. The SMILES string of the molecule is CCCCOCC(O)COC(COC)COCCOCCC[Si](C)(C)O[Si](C)(C)O[Si](C)(C)CCCOCCOCC(COC)OCC(O)COCCCC. The molecular formula is C38H84O14Si3. The van der Waals surface area contributed by atoms with Crippen LogP contribution >= 0.6 is 0 Å². The Labute approximate surface area is 338 Å². The highest BCUT2D eigenvalue weighted by Crippen LogP contribution is 2.26. The Morgan fingerprint density at radius 2 is 0.764 bits per heavy atom. The lowest BCUT2D eigenvalue weighted by Gasteiger charge is -2.38. The van der Waals surface area contributed by atoms with E-state index < -0.39 is 37.4 Å². The number of aliphatic hydroxyl groups excluding tert-OH is 2. The molecule has 332 valence electrons. The van der Waals surface area contributed by atoms with Crippen molar-refractivity contribution in [2.45, 2.75) is 128 Å². The summed E-state index contributed by atoms with van der Waals surface area (Å²) in [7, 11) is -2.97. The quantitative estimate of drug-likeness (QED) is 0.0597. The fraction of sp³-hybridized carbons (Fsp3) is 1.00. The molecule has 0 rings (SSSR count). The lowest BCUT2D eigenvalue weighted by molar-refractivity contribution is -0.0915. The lowest BCUT2D eigenvalue weighted by Crippen LogP contribution is -2.52. The molecule has 0 radical (unpaired) electrons. The van der Waals surface area contributed by atoms with Gasteiger partial charge in [-0.2, -0.15) is 0 Å². The molecule has 0 saturated carbocycles. The van der Waals surface area contributed by atoms with Crippen molar-refractivity contribution in [1.29, 1.82) is 0 Å². The highest BCUT2D eigenvalue weighted by molar-refractivity contribution is 6.87. The van der Waals surface area contributed by atoms with Gasteiger partial charge >= 0.3 is 8.56 Å². The molecule has 0 aliphatic heterocycles. The van der Waals surface area contributed by atoms with Gasteiger partial charge in [0.1, 0.15) is 24.4 Å². The second-order valence-corrected chi connectivity index (χ2v) is 28.2. The average molecular weight is 849 g/mol. The van der Waals surface area contributed by atoms with Crippen molar-refractivity contribution in [1.82, 2.24) is 0 Å². The van der Waals surface area contributed by atoms with Gasteiger partial charge < -0.3 is 65.8 Å². The third-order valence-electron chi connectivity index (χ3n) is 8.19. The van der Waals surface area contributed by atoms with Crippen molar-refractivity contribution in [3.05, 3.63) is 0 Å². The molecule has 0 saturated heterocycles. The third-order valence-corrected chi connectivity index (χ3v) is 19.7. The van der Waals surface area contributed by atoms with Crippen molar-refractivity contribution in [3.8, 4) is 0 Å². The summed E-state index contributed by atoms with van der Waals surface area (Å²) in [5.41, 5.74) is 0. The maximum atomic E-state index is 10.1. The maximum Gasteiger partial charge on any atom is 0.311 e. The molecule has 4 unspecified atom stereocenters. The van der Waals surface area contributed by atoms with E-state index in [1.54, 1.807) is 14.2 Å². The van der Waals surface area contributed by atoms with Gasteiger partial charge in [-0.3, -0.25) is 0 Å². The number of rotatable bonds is 42. The van der Waals surface area contributed by atoms with Crippen LogP contribution in [0.5, 0.6) is 0 Å². The van der Waals surface area contributed by atoms with Crippen molar-refractivity contribution >= 4 is 25.2 Å². The van der Waals surface area contributed by atoms with Crippen molar-refractivity contribution in [2.24, 2.45) is 0 Å². The van der Waals surface area contributed by atoms with Crippen LogP contribution in [0.15, 0.2) is 0 Å². The normalized spacial score (nSPS) is 15.1. The number of methoxy groups -OCH3 is 2. The Morgan fingerprint density at radius 3 is 1.13 bits per heavy atom. The van der Waals surface area contributed by atoms with Gasteiger partial charge in [0.15, 0.2) is 16.6 Å². The van der Waals surface area contributed by atoms with Crippen LogP contribution in [-0.4, -0.2) is 180 Å². The van der Waals surface area contributed by atoms with Gasteiger partial charge in [-0.15, -0.1) is 0 Å². The summed E-state index contributed by atoms with van der Waals surface area (Å²) in [6.07, 6.45) is 4.07. The minimum atomic E-state index is -2.32. The molecule has 0 spiro atoms. The predicted octanol–water partition coefficient (Wildman–Crippen LogP) is 5.40. The van der Waals surface area contributed by atoms with E-state index in [9.17, 15) is 10.2 Å². The predicted molar refractivity (Wildman–Crippen MR) is 223 cm³/mol. The summed E-state index contributed by atoms with van der Waals surface area (Å²) in [6.45, 7) is 24.5. The highest BCUT2D eigenvalue weighted by Gasteiger charge is 2.39. The van der Waals surface area contributed by atoms with Crippen LogP contribution in [0.2, 0.25) is 51.4 Å². The van der Waals surface area contributed by atoms with Gasteiger partial charge in [0.25, 0.3) is 0 Å². The van der Waals surface area contributed by atoms with E-state index in [4.69, 9.17) is 55.6 Å². The average Bonchev–Trinajstić information content (AvgIpc) is 3.10. The fourth-order valence-electron chi connectivity index (χ4n) is 5.71. The molecule has 0 bridgehead atoms. The molecule has 17 heteroatoms. The molecule has 0 amide bonds. The number of unbranched alkanes of at least 4 members (excludes halogenated alkanes) is 2. The minimum absolute atomic E-state index is 0.178. The molecule has 0 aliphatic carbocycles. The molecule has 2 N–H and O–H groups in total. The zero-order valence-corrected chi connectivity index (χ0v) is 39.6. The van der Waals surface area contributed by atoms with E-state index in [0.29, 0.717) is 79.3 Å². The Balaban J connectivity index is 4.16. The summed E-state index contributed by atoms with van der Waals surface area (Å²) in [5, 5.41) is 20.2. The fourth-order valence-corrected chi connectivity index (χ4v) is 19.7. The van der Waals surface area contributed by atoms with Crippen LogP contribution in [0.3, 0.4) is 0 Å². The van der Waals surface area contributed by atoms with Gasteiger partial charge in [-0.1, -0.05) is 26.7 Å². The van der Waals surface area contributed by atoms with Crippen molar-refractivity contribution < 1.29 is 65.8 Å². The van der Waals surface area contributed by atoms with Gasteiger partial charge in [-0.05, 0) is 77.1 Å². The third kappa shape index (κ3) is 35.7. The first-order valence-electron chi connectivity index (χ1n) is 20.6. The second-order valence-electron chi connectivity index (χ2n) is 15.7. The Kier molecular flexibility index (Phi) is 35.0. The zero-order valence-electron chi connectivity index (χ0n) is 36.6. The number of ether oxygens (including phenoxy) is 10. The van der Waals surface area contributed by atoms with Gasteiger partial charge in [0.05, 0.1) is 79.3 Å². The first-order chi connectivity index (χ1) is 26.2. The molecule has 0 aromatic heterocycles. The Hall–Kier alpha value is 0.0906. The highest BCUT2D eigenvalue weighted by atomic mass is 28.5. The molecule has 0 aliphatic rings. The minimum Gasteiger partial charge on any atom is -0.437 e. The zero-order chi connectivity index (χ0) is 41.3. The van der Waals surface area contributed by atoms with Crippen LogP contribution in [0.25, 0.3) is 0 Å². The molecule has 0 aromatic carbocycles. The second kappa shape index (κ2) is 34.9. The summed E-state index contributed by atoms with van der Waals surface area (Å²) in [5.74, 6) is 0. The summed E-state index contributed by atoms with van der Waals surface area (Å²) < 4.78 is 69.6. The van der Waals surface area contributed by atoms with Crippen LogP contribution in [0.1, 0.15) is 52.4 Å². The summed E-state index contributed by atoms with van der Waals surface area (Å²) in [4.78, 5) is 0. The number of hydrogen-bond acceptors (Lipinski definition) is 14. The van der Waals surface area contributed by atoms with Crippen LogP contribution in [0, 0.1) is 0 Å². The summed E-state index contributed by atoms with van der Waals surface area (Å²) >= 11 is 0. The van der Waals surface area contributed by atoms with E-state index in [-0.39, 0.29) is 38.6 Å². The first-order valence-corrected chi connectivity index (χ1v) is 29.7. The monoisotopic (exact) mass is 849 g/mol. The first kappa shape index (κ1) is 55.1. The van der Waals surface area contributed by atoms with Crippen molar-refractivity contribution in [3.63, 3.8) is 0 Å². The molecular weight excluding hydrogens is 765 g/mol. The van der Waals surface area contributed by atoms with Crippen LogP contribution in [0.4, 0.5) is 0 Å². The van der Waals surface area contributed by atoms with E-state index in [1.165, 1.54) is 0 Å². The smallest absolute Gasteiger partial charge is 0.311 e. The Morgan fingerprint density at radius 1 is 0.418 bits per heavy atom. The van der Waals surface area contributed by atoms with Gasteiger partial charge in [0.2, 0.25) is 0 Å². The topological polar surface area (TPSA) is 151 Å². The maximum absolute atomic E-state index is 10.1. The molecule has 4 atom stereocenters. The molecule has 14 nitrogen and oxygen atoms in total. The van der Waals surface area contributed by atoms with Crippen LogP contribution in [-0.2, 0) is 55.6 Å². The number of hydrogen-bond donors (Lipinski definition) is 2. The lowest BCUT2D eigenvalue weighted by atomic mass is 10.3. The van der Waals surface area contributed by atoms with Crippen LogP contribution < -0.4 is 0 Å². The van der Waals surface area contributed by atoms with E-state index >= 15 is 0 Å². The number of aliphatic hydroxyl groups is 2. The van der Waals surface area contributed by atoms with Gasteiger partial charge in [0, 0.05) is 40.6 Å². The van der Waals surface area contributed by atoms with Crippen molar-refractivity contribution in [2.75, 3.05) is 120 Å². The molecule has 55 heavy (non-hydrogen) atoms. The molecule has 0 fully saturated rings. The van der Waals surface area contributed by atoms with E-state index in [1.807, 2.05) is 0 Å². The summed E-state index contributed by atoms with van der Waals surface area (Å²) in [6, 6.07) is 1.99.